The van der Waals surface area contributed by atoms with Gasteiger partial charge < -0.3 is 9.84 Å². The van der Waals surface area contributed by atoms with Gasteiger partial charge in [0.05, 0.1) is 6.10 Å². The number of hydrogen-bond acceptors (Lipinski definition) is 3. The van der Waals surface area contributed by atoms with E-state index in [1.54, 1.807) is 6.07 Å². The van der Waals surface area contributed by atoms with Gasteiger partial charge in [-0.05, 0) is 25.7 Å². The first kappa shape index (κ1) is 7.93. The molecule has 0 aliphatic heterocycles. The molecule has 1 aliphatic carbocycles. The van der Waals surface area contributed by atoms with Gasteiger partial charge in [-0.2, -0.15) is 5.26 Å². The summed E-state index contributed by atoms with van der Waals surface area (Å²) in [6.07, 6.45) is 5.19. The lowest BCUT2D eigenvalue weighted by molar-refractivity contribution is 0.127. The number of rotatable bonds is 2. The van der Waals surface area contributed by atoms with Crippen molar-refractivity contribution in [2.75, 3.05) is 0 Å². The molecule has 0 bridgehead atoms. The van der Waals surface area contributed by atoms with E-state index in [-0.39, 0.29) is 11.9 Å². The predicted octanol–water partition coefficient (Wildman–Crippen LogP) is 1.87. The molecule has 1 aliphatic rings. The number of nitrogens with zero attached hydrogens (tertiary/aromatic N) is 1. The molecule has 1 saturated carbocycles. The highest BCUT2D eigenvalue weighted by molar-refractivity contribution is 5.10. The number of nitriles is 1. The molecule has 0 amide bonds. The molecule has 60 valence electrons. The average Bonchev–Trinajstić information content (AvgIpc) is 2.52. The first-order chi connectivity index (χ1) is 5.36. The molecular weight excluding hydrogens is 142 g/mol. The number of hydrogen-bond donors (Lipinski definition) is 1. The monoisotopic (exact) mass is 153 g/mol. The van der Waals surface area contributed by atoms with Gasteiger partial charge >= 0.3 is 0 Å². The Labute approximate surface area is 65.9 Å². The zero-order valence-electron chi connectivity index (χ0n) is 6.29. The van der Waals surface area contributed by atoms with E-state index >= 15 is 0 Å². The first-order valence-electron chi connectivity index (χ1n) is 3.78. The lowest BCUT2D eigenvalue weighted by Crippen LogP contribution is -2.06. The van der Waals surface area contributed by atoms with Crippen molar-refractivity contribution < 1.29 is 9.84 Å². The van der Waals surface area contributed by atoms with E-state index in [1.165, 1.54) is 0 Å². The summed E-state index contributed by atoms with van der Waals surface area (Å²) < 4.78 is 5.16. The standard InChI is InChI=1S/C8H11NO2/c9-5-8(6-10)11-7-3-1-2-4-7/h6-7,10H,1-4H2. The topological polar surface area (TPSA) is 53.2 Å². The predicted molar refractivity (Wildman–Crippen MR) is 39.7 cm³/mol. The molecule has 1 rings (SSSR count). The van der Waals surface area contributed by atoms with Crippen LogP contribution < -0.4 is 0 Å². The molecule has 0 heterocycles. The second-order valence-corrected chi connectivity index (χ2v) is 2.63. The average molecular weight is 153 g/mol. The Kier molecular flexibility index (Phi) is 2.79. The normalized spacial score (nSPS) is 19.7. The van der Waals surface area contributed by atoms with Crippen molar-refractivity contribution in [2.24, 2.45) is 0 Å². The summed E-state index contributed by atoms with van der Waals surface area (Å²) in [5.41, 5.74) is 0. The largest absolute Gasteiger partial charge is 0.511 e. The van der Waals surface area contributed by atoms with E-state index in [0.717, 1.165) is 31.9 Å². The zero-order chi connectivity index (χ0) is 8.10. The number of allylic oxidation sites excluding steroid dienone is 1. The van der Waals surface area contributed by atoms with Crippen molar-refractivity contribution >= 4 is 0 Å². The molecular formula is C8H11NO2. The van der Waals surface area contributed by atoms with Gasteiger partial charge in [-0.15, -0.1) is 0 Å². The molecule has 3 nitrogen and oxygen atoms in total. The second kappa shape index (κ2) is 3.87. The Balaban J connectivity index is 2.35. The number of ether oxygens (including phenoxy) is 1. The minimum atomic E-state index is 0.0249. The fourth-order valence-electron chi connectivity index (χ4n) is 1.27. The van der Waals surface area contributed by atoms with E-state index < -0.39 is 0 Å². The van der Waals surface area contributed by atoms with Crippen molar-refractivity contribution in [3.63, 3.8) is 0 Å². The highest BCUT2D eigenvalue weighted by Crippen LogP contribution is 2.22. The van der Waals surface area contributed by atoms with Gasteiger partial charge in [0.15, 0.2) is 0 Å². The third-order valence-corrected chi connectivity index (χ3v) is 1.82. The van der Waals surface area contributed by atoms with Crippen LogP contribution in [0.5, 0.6) is 0 Å². The van der Waals surface area contributed by atoms with Gasteiger partial charge in [0.1, 0.15) is 12.3 Å². The van der Waals surface area contributed by atoms with Crippen LogP contribution >= 0.6 is 0 Å². The Bertz CT molecular complexity index is 187. The molecule has 0 unspecified atom stereocenters. The molecule has 0 aromatic rings. The van der Waals surface area contributed by atoms with Gasteiger partial charge in [-0.25, -0.2) is 0 Å². The van der Waals surface area contributed by atoms with Gasteiger partial charge in [-0.3, -0.25) is 0 Å². The third kappa shape index (κ3) is 2.15. The van der Waals surface area contributed by atoms with Gasteiger partial charge in [0, 0.05) is 0 Å². The van der Waals surface area contributed by atoms with E-state index in [9.17, 15) is 0 Å². The maximum atomic E-state index is 8.48. The maximum Gasteiger partial charge on any atom is 0.232 e. The molecule has 3 heteroatoms. The smallest absolute Gasteiger partial charge is 0.232 e. The lowest BCUT2D eigenvalue weighted by atomic mass is 10.3. The third-order valence-electron chi connectivity index (χ3n) is 1.82. The van der Waals surface area contributed by atoms with Gasteiger partial charge in [0.2, 0.25) is 5.76 Å². The van der Waals surface area contributed by atoms with Crippen LogP contribution in [0.15, 0.2) is 12.0 Å². The van der Waals surface area contributed by atoms with Crippen LogP contribution in [0.25, 0.3) is 0 Å². The van der Waals surface area contributed by atoms with Crippen LogP contribution in [0.2, 0.25) is 0 Å². The molecule has 0 spiro atoms. The Hall–Kier alpha value is -1.17. The quantitative estimate of drug-likeness (QED) is 0.486. The highest BCUT2D eigenvalue weighted by Gasteiger charge is 2.17. The van der Waals surface area contributed by atoms with E-state index in [0.29, 0.717) is 0 Å². The highest BCUT2D eigenvalue weighted by atomic mass is 16.5. The SMILES string of the molecule is N#CC(=CO)OC1CCCC1. The van der Waals surface area contributed by atoms with Gasteiger partial charge in [0.25, 0.3) is 0 Å². The lowest BCUT2D eigenvalue weighted by Gasteiger charge is -2.09. The first-order valence-corrected chi connectivity index (χ1v) is 3.78. The Morgan fingerprint density at radius 2 is 2.18 bits per heavy atom. The Morgan fingerprint density at radius 3 is 2.64 bits per heavy atom. The molecule has 0 aromatic carbocycles. The Morgan fingerprint density at radius 1 is 1.55 bits per heavy atom. The van der Waals surface area contributed by atoms with Crippen LogP contribution in [0.4, 0.5) is 0 Å². The molecule has 0 aromatic heterocycles. The molecule has 1 N–H and O–H groups in total. The van der Waals surface area contributed by atoms with Crippen LogP contribution in [0, 0.1) is 11.3 Å². The second-order valence-electron chi connectivity index (χ2n) is 2.63. The van der Waals surface area contributed by atoms with Crippen LogP contribution in [-0.4, -0.2) is 11.2 Å². The summed E-state index contributed by atoms with van der Waals surface area (Å²) in [6, 6.07) is 1.77. The molecule has 1 fully saturated rings. The van der Waals surface area contributed by atoms with Crippen LogP contribution in [0.3, 0.4) is 0 Å². The molecule has 11 heavy (non-hydrogen) atoms. The summed E-state index contributed by atoms with van der Waals surface area (Å²) in [5, 5.41) is 16.9. The molecule has 0 atom stereocenters. The minimum absolute atomic E-state index is 0.0249. The summed E-state index contributed by atoms with van der Waals surface area (Å²) in [7, 11) is 0. The summed E-state index contributed by atoms with van der Waals surface area (Å²) in [6.45, 7) is 0. The minimum Gasteiger partial charge on any atom is -0.511 e. The van der Waals surface area contributed by atoms with Crippen LogP contribution in [-0.2, 0) is 4.74 Å². The van der Waals surface area contributed by atoms with E-state index in [2.05, 4.69) is 0 Å². The van der Waals surface area contributed by atoms with Crippen LogP contribution in [0.1, 0.15) is 25.7 Å². The van der Waals surface area contributed by atoms with Crippen molar-refractivity contribution in [1.82, 2.24) is 0 Å². The van der Waals surface area contributed by atoms with Crippen molar-refractivity contribution in [3.05, 3.63) is 12.0 Å². The van der Waals surface area contributed by atoms with Gasteiger partial charge in [-0.1, -0.05) is 0 Å². The fourth-order valence-corrected chi connectivity index (χ4v) is 1.27. The molecule has 0 saturated heterocycles. The van der Waals surface area contributed by atoms with Crippen molar-refractivity contribution in [1.29, 1.82) is 5.26 Å². The summed E-state index contributed by atoms with van der Waals surface area (Å²) in [5.74, 6) is 0.0249. The number of aliphatic hydroxyl groups excluding tert-OH is 1. The fraction of sp³-hybridized carbons (Fsp3) is 0.625. The molecule has 0 radical (unpaired) electrons. The van der Waals surface area contributed by atoms with E-state index in [1.807, 2.05) is 0 Å². The maximum absolute atomic E-state index is 8.48. The zero-order valence-corrected chi connectivity index (χ0v) is 6.29. The number of aliphatic hydroxyl groups is 1. The van der Waals surface area contributed by atoms with Crippen molar-refractivity contribution in [3.8, 4) is 6.07 Å². The summed E-state index contributed by atoms with van der Waals surface area (Å²) in [4.78, 5) is 0. The van der Waals surface area contributed by atoms with E-state index in [4.69, 9.17) is 15.1 Å². The summed E-state index contributed by atoms with van der Waals surface area (Å²) >= 11 is 0. The van der Waals surface area contributed by atoms with Crippen molar-refractivity contribution in [2.45, 2.75) is 31.8 Å².